The van der Waals surface area contributed by atoms with Gasteiger partial charge in [-0.05, 0) is 35.4 Å². The van der Waals surface area contributed by atoms with E-state index in [1.807, 2.05) is 36.4 Å². The molecule has 102 valence electrons. The van der Waals surface area contributed by atoms with Gasteiger partial charge in [0.2, 0.25) is 0 Å². The van der Waals surface area contributed by atoms with E-state index >= 15 is 0 Å². The highest BCUT2D eigenvalue weighted by Crippen LogP contribution is 2.20. The molecule has 0 aliphatic heterocycles. The second-order valence-electron chi connectivity index (χ2n) is 4.38. The van der Waals surface area contributed by atoms with Crippen LogP contribution in [-0.2, 0) is 13.0 Å². The van der Waals surface area contributed by atoms with E-state index in [0.29, 0.717) is 24.5 Å². The highest BCUT2D eigenvalue weighted by molar-refractivity contribution is 5.47. The van der Waals surface area contributed by atoms with E-state index in [1.54, 1.807) is 13.2 Å². The summed E-state index contributed by atoms with van der Waals surface area (Å²) in [5, 5.41) is 8.61. The van der Waals surface area contributed by atoms with Gasteiger partial charge in [0.15, 0.2) is 0 Å². The lowest BCUT2D eigenvalue weighted by Gasteiger charge is -2.09. The van der Waals surface area contributed by atoms with Gasteiger partial charge in [0.25, 0.3) is 0 Å². The Kier molecular flexibility index (Phi) is 4.46. The van der Waals surface area contributed by atoms with Crippen molar-refractivity contribution in [1.82, 2.24) is 0 Å². The number of ether oxygens (including phenoxy) is 2. The first-order valence-corrected chi connectivity index (χ1v) is 6.23. The molecule has 0 saturated carbocycles. The molecule has 4 nitrogen and oxygen atoms in total. The van der Waals surface area contributed by atoms with Crippen LogP contribution in [0.1, 0.15) is 11.1 Å². The second-order valence-corrected chi connectivity index (χ2v) is 4.38. The van der Waals surface area contributed by atoms with E-state index in [9.17, 15) is 0 Å². The lowest BCUT2D eigenvalue weighted by Crippen LogP contribution is -1.98. The molecule has 0 bridgehead atoms. The quantitative estimate of drug-likeness (QED) is 0.846. The molecule has 0 aromatic heterocycles. The van der Waals surface area contributed by atoms with Gasteiger partial charge in [-0.3, -0.25) is 0 Å². The first kappa shape index (κ1) is 13.8. The van der Waals surface area contributed by atoms with E-state index in [4.69, 9.17) is 20.5 Å². The van der Waals surface area contributed by atoms with E-state index in [0.717, 1.165) is 16.9 Å². The van der Waals surface area contributed by atoms with Gasteiger partial charge in [0.1, 0.15) is 18.1 Å². The minimum atomic E-state index is 0.409. The van der Waals surface area contributed by atoms with Crippen molar-refractivity contribution < 1.29 is 9.47 Å². The van der Waals surface area contributed by atoms with Crippen LogP contribution in [0.4, 0.5) is 5.69 Å². The van der Waals surface area contributed by atoms with Gasteiger partial charge in [-0.2, -0.15) is 5.26 Å². The van der Waals surface area contributed by atoms with Crippen molar-refractivity contribution in [1.29, 1.82) is 5.26 Å². The van der Waals surface area contributed by atoms with Gasteiger partial charge < -0.3 is 15.2 Å². The third-order valence-electron chi connectivity index (χ3n) is 2.84. The molecule has 2 rings (SSSR count). The van der Waals surface area contributed by atoms with Gasteiger partial charge in [-0.25, -0.2) is 0 Å². The summed E-state index contributed by atoms with van der Waals surface area (Å²) in [4.78, 5) is 0. The summed E-state index contributed by atoms with van der Waals surface area (Å²) in [6, 6.07) is 15.1. The number of methoxy groups -OCH3 is 1. The first-order valence-electron chi connectivity index (χ1n) is 6.23. The van der Waals surface area contributed by atoms with Crippen molar-refractivity contribution in [3.63, 3.8) is 0 Å². The van der Waals surface area contributed by atoms with Crippen LogP contribution in [0, 0.1) is 11.3 Å². The Morgan fingerprint density at radius 3 is 2.45 bits per heavy atom. The Hall–Kier alpha value is -2.67. The van der Waals surface area contributed by atoms with Crippen molar-refractivity contribution in [3.8, 4) is 17.6 Å². The molecule has 0 atom stereocenters. The minimum absolute atomic E-state index is 0.409. The molecule has 2 aromatic rings. The van der Waals surface area contributed by atoms with Gasteiger partial charge >= 0.3 is 0 Å². The fraction of sp³-hybridized carbons (Fsp3) is 0.188. The molecule has 4 heteroatoms. The number of nitrogen functional groups attached to an aromatic ring is 1. The van der Waals surface area contributed by atoms with Gasteiger partial charge in [-0.15, -0.1) is 0 Å². The Morgan fingerprint density at radius 2 is 1.80 bits per heavy atom. The Labute approximate surface area is 118 Å². The molecule has 0 unspecified atom stereocenters. The van der Waals surface area contributed by atoms with E-state index in [-0.39, 0.29) is 0 Å². The van der Waals surface area contributed by atoms with Crippen molar-refractivity contribution >= 4 is 5.69 Å². The lowest BCUT2D eigenvalue weighted by atomic mass is 10.1. The molecule has 2 aromatic carbocycles. The standard InChI is InChI=1S/C16H16N2O2/c1-19-16-9-13(8-14(18)10-16)11-20-15-4-2-12(3-5-15)6-7-17/h2-5,8-10H,6,11,18H2,1H3. The molecule has 0 aliphatic carbocycles. The van der Waals surface area contributed by atoms with E-state index in [2.05, 4.69) is 6.07 Å². The van der Waals surface area contributed by atoms with Crippen LogP contribution in [0.5, 0.6) is 11.5 Å². The Bertz CT molecular complexity index is 615. The fourth-order valence-electron chi connectivity index (χ4n) is 1.85. The molecule has 0 aliphatic rings. The molecule has 0 fully saturated rings. The number of benzene rings is 2. The average molecular weight is 268 g/mol. The van der Waals surface area contributed by atoms with Gasteiger partial charge in [-0.1, -0.05) is 12.1 Å². The van der Waals surface area contributed by atoms with Crippen LogP contribution >= 0.6 is 0 Å². The number of nitriles is 1. The average Bonchev–Trinajstić information content (AvgIpc) is 2.46. The molecule has 0 amide bonds. The molecule has 0 heterocycles. The first-order chi connectivity index (χ1) is 9.71. The predicted octanol–water partition coefficient (Wildman–Crippen LogP) is 2.92. The monoisotopic (exact) mass is 268 g/mol. The SMILES string of the molecule is COc1cc(N)cc(COc2ccc(CC#N)cc2)c1. The third-order valence-corrected chi connectivity index (χ3v) is 2.84. The highest BCUT2D eigenvalue weighted by Gasteiger charge is 2.01. The zero-order valence-electron chi connectivity index (χ0n) is 11.3. The topological polar surface area (TPSA) is 68.3 Å². The number of nitrogens with zero attached hydrogens (tertiary/aromatic N) is 1. The summed E-state index contributed by atoms with van der Waals surface area (Å²) in [7, 11) is 1.60. The van der Waals surface area contributed by atoms with Crippen LogP contribution in [0.25, 0.3) is 0 Å². The second kappa shape index (κ2) is 6.48. The summed E-state index contributed by atoms with van der Waals surface area (Å²) in [5.41, 5.74) is 8.36. The maximum absolute atomic E-state index is 8.61. The van der Waals surface area contributed by atoms with Crippen LogP contribution in [-0.4, -0.2) is 7.11 Å². The fourth-order valence-corrected chi connectivity index (χ4v) is 1.85. The predicted molar refractivity (Wildman–Crippen MR) is 77.5 cm³/mol. The van der Waals surface area contributed by atoms with Crippen molar-refractivity contribution in [2.24, 2.45) is 0 Å². The molecule has 20 heavy (non-hydrogen) atoms. The van der Waals surface area contributed by atoms with Crippen molar-refractivity contribution in [2.75, 3.05) is 12.8 Å². The Morgan fingerprint density at radius 1 is 1.05 bits per heavy atom. The molecule has 0 radical (unpaired) electrons. The maximum atomic E-state index is 8.61. The summed E-state index contributed by atoms with van der Waals surface area (Å²) in [6.45, 7) is 0.416. The Balaban J connectivity index is 2.01. The number of hydrogen-bond acceptors (Lipinski definition) is 4. The number of rotatable bonds is 5. The summed E-state index contributed by atoms with van der Waals surface area (Å²) in [6.07, 6.45) is 0.409. The maximum Gasteiger partial charge on any atom is 0.121 e. The van der Waals surface area contributed by atoms with Crippen molar-refractivity contribution in [3.05, 3.63) is 53.6 Å². The van der Waals surface area contributed by atoms with E-state index in [1.165, 1.54) is 0 Å². The van der Waals surface area contributed by atoms with E-state index < -0.39 is 0 Å². The zero-order valence-corrected chi connectivity index (χ0v) is 11.3. The highest BCUT2D eigenvalue weighted by atomic mass is 16.5. The summed E-state index contributed by atoms with van der Waals surface area (Å²) in [5.74, 6) is 1.47. The largest absolute Gasteiger partial charge is 0.497 e. The van der Waals surface area contributed by atoms with Gasteiger partial charge in [0, 0.05) is 11.8 Å². The number of nitrogens with two attached hydrogens (primary N) is 1. The molecule has 2 N–H and O–H groups in total. The number of hydrogen-bond donors (Lipinski definition) is 1. The smallest absolute Gasteiger partial charge is 0.121 e. The molecular weight excluding hydrogens is 252 g/mol. The normalized spacial score (nSPS) is 9.80. The lowest BCUT2D eigenvalue weighted by molar-refractivity contribution is 0.305. The summed E-state index contributed by atoms with van der Waals surface area (Å²) < 4.78 is 10.8. The minimum Gasteiger partial charge on any atom is -0.497 e. The molecule has 0 spiro atoms. The van der Waals surface area contributed by atoms with Crippen molar-refractivity contribution in [2.45, 2.75) is 13.0 Å². The summed E-state index contributed by atoms with van der Waals surface area (Å²) >= 11 is 0. The van der Waals surface area contributed by atoms with Crippen LogP contribution in [0.2, 0.25) is 0 Å². The van der Waals surface area contributed by atoms with Crippen LogP contribution in [0.15, 0.2) is 42.5 Å². The molecular formula is C16H16N2O2. The van der Waals surface area contributed by atoms with Crippen LogP contribution in [0.3, 0.4) is 0 Å². The number of anilines is 1. The van der Waals surface area contributed by atoms with Gasteiger partial charge in [0.05, 0.1) is 19.6 Å². The van der Waals surface area contributed by atoms with Crippen LogP contribution < -0.4 is 15.2 Å². The zero-order chi connectivity index (χ0) is 14.4. The third kappa shape index (κ3) is 3.66. The molecule has 0 saturated heterocycles.